The number of nitrogens with two attached hydrogens (primary N) is 1. The highest BCUT2D eigenvalue weighted by Crippen LogP contribution is 2.34. The molecule has 6 nitrogen and oxygen atoms in total. The van der Waals surface area contributed by atoms with Crippen molar-refractivity contribution in [3.63, 3.8) is 0 Å². The Balaban J connectivity index is 1.37. The lowest BCUT2D eigenvalue weighted by atomic mass is 10.0. The van der Waals surface area contributed by atoms with Crippen molar-refractivity contribution in [2.45, 2.75) is 6.42 Å². The van der Waals surface area contributed by atoms with Gasteiger partial charge in [-0.25, -0.2) is 9.97 Å². The fourth-order valence-corrected chi connectivity index (χ4v) is 4.73. The van der Waals surface area contributed by atoms with E-state index >= 15 is 0 Å². The average molecular weight is 429 g/mol. The summed E-state index contributed by atoms with van der Waals surface area (Å²) >= 11 is 1.70. The maximum atomic E-state index is 5.89. The summed E-state index contributed by atoms with van der Waals surface area (Å²) < 4.78 is 1.19. The van der Waals surface area contributed by atoms with Gasteiger partial charge in [-0.05, 0) is 30.2 Å². The van der Waals surface area contributed by atoms with Gasteiger partial charge < -0.3 is 11.1 Å². The Hall–Kier alpha value is -3.29. The lowest BCUT2D eigenvalue weighted by Gasteiger charge is -2.16. The van der Waals surface area contributed by atoms with E-state index in [1.54, 1.807) is 17.5 Å². The van der Waals surface area contributed by atoms with E-state index in [1.807, 2.05) is 18.2 Å². The van der Waals surface area contributed by atoms with E-state index in [-0.39, 0.29) is 5.95 Å². The van der Waals surface area contributed by atoms with Crippen molar-refractivity contribution in [2.24, 2.45) is 0 Å². The first kappa shape index (κ1) is 19.7. The zero-order valence-corrected chi connectivity index (χ0v) is 18.0. The van der Waals surface area contributed by atoms with Gasteiger partial charge in [-0.3, -0.25) is 4.90 Å². The summed E-state index contributed by atoms with van der Waals surface area (Å²) in [5, 5.41) is 4.47. The number of thiazole rings is 1. The maximum absolute atomic E-state index is 5.89. The molecule has 3 heterocycles. The van der Waals surface area contributed by atoms with E-state index in [4.69, 9.17) is 10.7 Å². The van der Waals surface area contributed by atoms with Crippen LogP contribution in [0.15, 0.2) is 66.9 Å². The number of nitrogens with zero attached hydrogens (tertiary/aromatic N) is 4. The first-order chi connectivity index (χ1) is 15.3. The van der Waals surface area contributed by atoms with Gasteiger partial charge in [0.2, 0.25) is 5.95 Å². The summed E-state index contributed by atoms with van der Waals surface area (Å²) in [4.78, 5) is 15.9. The van der Waals surface area contributed by atoms with Crippen LogP contribution < -0.4 is 11.1 Å². The van der Waals surface area contributed by atoms with Gasteiger partial charge >= 0.3 is 0 Å². The first-order valence-corrected chi connectivity index (χ1v) is 11.3. The Morgan fingerprint density at radius 3 is 2.71 bits per heavy atom. The van der Waals surface area contributed by atoms with Crippen LogP contribution in [0.25, 0.3) is 31.9 Å². The van der Waals surface area contributed by atoms with Gasteiger partial charge in [-0.1, -0.05) is 42.5 Å². The Bertz CT molecular complexity index is 1190. The number of nitrogens with one attached hydrogen (secondary N) is 1. The summed E-state index contributed by atoms with van der Waals surface area (Å²) in [5.41, 5.74) is 9.99. The molecule has 0 saturated carbocycles. The Labute approximate surface area is 185 Å². The third kappa shape index (κ3) is 4.42. The summed E-state index contributed by atoms with van der Waals surface area (Å²) in [6, 6.07) is 16.6. The molecule has 1 aliphatic heterocycles. The van der Waals surface area contributed by atoms with Crippen molar-refractivity contribution >= 4 is 33.3 Å². The highest BCUT2D eigenvalue weighted by molar-refractivity contribution is 7.21. The Morgan fingerprint density at radius 2 is 1.84 bits per heavy atom. The van der Waals surface area contributed by atoms with Gasteiger partial charge in [0.1, 0.15) is 10.8 Å². The second-order valence-electron chi connectivity index (χ2n) is 7.57. The summed E-state index contributed by atoms with van der Waals surface area (Å²) in [6.07, 6.45) is 7.27. The molecule has 3 N–H and O–H groups in total. The van der Waals surface area contributed by atoms with Crippen LogP contribution in [-0.2, 0) is 0 Å². The van der Waals surface area contributed by atoms with Gasteiger partial charge in [-0.2, -0.15) is 4.98 Å². The minimum atomic E-state index is 0.275. The fourth-order valence-electron chi connectivity index (χ4n) is 3.77. The SMILES string of the molecule is Nc1ncc(-c2cccc(-c3nc4ccccc4s3)c2)c(NCCCN2CC=CC2)n1. The van der Waals surface area contributed by atoms with E-state index in [1.165, 1.54) is 4.70 Å². The van der Waals surface area contributed by atoms with Crippen LogP contribution >= 0.6 is 11.3 Å². The molecule has 0 atom stereocenters. The smallest absolute Gasteiger partial charge is 0.221 e. The van der Waals surface area contributed by atoms with Crippen molar-refractivity contribution in [3.05, 3.63) is 66.9 Å². The number of aromatic nitrogens is 3. The predicted octanol–water partition coefficient (Wildman–Crippen LogP) is 4.68. The molecular formula is C24H24N6S. The minimum absolute atomic E-state index is 0.275. The topological polar surface area (TPSA) is 80.0 Å². The Kier molecular flexibility index (Phi) is 5.60. The maximum Gasteiger partial charge on any atom is 0.221 e. The molecule has 0 aliphatic carbocycles. The van der Waals surface area contributed by atoms with Crippen LogP contribution in [0, 0.1) is 0 Å². The van der Waals surface area contributed by atoms with Gasteiger partial charge in [0, 0.05) is 43.5 Å². The van der Waals surface area contributed by atoms with Crippen molar-refractivity contribution in [1.82, 2.24) is 19.9 Å². The summed E-state index contributed by atoms with van der Waals surface area (Å²) in [7, 11) is 0. The largest absolute Gasteiger partial charge is 0.369 e. The van der Waals surface area contributed by atoms with Crippen molar-refractivity contribution < 1.29 is 0 Å². The van der Waals surface area contributed by atoms with Gasteiger partial charge in [0.15, 0.2) is 0 Å². The molecule has 4 aromatic rings. The molecule has 5 rings (SSSR count). The second-order valence-corrected chi connectivity index (χ2v) is 8.60. The van der Waals surface area contributed by atoms with Crippen LogP contribution in [0.4, 0.5) is 11.8 Å². The van der Waals surface area contributed by atoms with E-state index in [9.17, 15) is 0 Å². The van der Waals surface area contributed by atoms with Crippen LogP contribution in [0.3, 0.4) is 0 Å². The molecule has 0 bridgehead atoms. The molecule has 2 aromatic heterocycles. The number of rotatable bonds is 7. The first-order valence-electron chi connectivity index (χ1n) is 10.5. The van der Waals surface area contributed by atoms with E-state index < -0.39 is 0 Å². The van der Waals surface area contributed by atoms with Crippen molar-refractivity contribution in [1.29, 1.82) is 0 Å². The molecular weight excluding hydrogens is 404 g/mol. The zero-order valence-electron chi connectivity index (χ0n) is 17.2. The number of anilines is 2. The monoisotopic (exact) mass is 428 g/mol. The zero-order chi connectivity index (χ0) is 21.0. The highest BCUT2D eigenvalue weighted by Gasteiger charge is 2.12. The number of benzene rings is 2. The fraction of sp³-hybridized carbons (Fsp3) is 0.208. The standard InChI is InChI=1S/C24H24N6S/c25-24-27-16-19(22(29-24)26-11-6-14-30-12-3-4-13-30)17-7-5-8-18(15-17)23-28-20-9-1-2-10-21(20)31-23/h1-5,7-10,15-16H,6,11-14H2,(H3,25,26,27,29). The lowest BCUT2D eigenvalue weighted by molar-refractivity contribution is 0.351. The van der Waals surface area contributed by atoms with Crippen LogP contribution in [0.5, 0.6) is 0 Å². The molecule has 156 valence electrons. The number of para-hydroxylation sites is 1. The second kappa shape index (κ2) is 8.83. The molecule has 0 spiro atoms. The van der Waals surface area contributed by atoms with Gasteiger partial charge in [-0.15, -0.1) is 11.3 Å². The number of hydrogen-bond acceptors (Lipinski definition) is 7. The molecule has 2 aromatic carbocycles. The molecule has 0 amide bonds. The van der Waals surface area contributed by atoms with Crippen LogP contribution in [0.2, 0.25) is 0 Å². The molecule has 31 heavy (non-hydrogen) atoms. The third-order valence-electron chi connectivity index (χ3n) is 5.36. The Morgan fingerprint density at radius 1 is 1.00 bits per heavy atom. The van der Waals surface area contributed by atoms with Crippen molar-refractivity contribution in [2.75, 3.05) is 37.2 Å². The highest BCUT2D eigenvalue weighted by atomic mass is 32.1. The third-order valence-corrected chi connectivity index (χ3v) is 6.44. The normalized spacial score (nSPS) is 13.8. The molecule has 1 aliphatic rings. The molecule has 0 radical (unpaired) electrons. The van der Waals surface area contributed by atoms with E-state index in [2.05, 4.69) is 62.7 Å². The quantitative estimate of drug-likeness (QED) is 0.329. The summed E-state index contributed by atoms with van der Waals surface area (Å²) in [5.74, 6) is 1.05. The molecule has 7 heteroatoms. The van der Waals surface area contributed by atoms with E-state index in [0.717, 1.165) is 65.6 Å². The lowest BCUT2D eigenvalue weighted by Crippen LogP contribution is -2.23. The number of fused-ring (bicyclic) bond motifs is 1. The van der Waals surface area contributed by atoms with Crippen molar-refractivity contribution in [3.8, 4) is 21.7 Å². The van der Waals surface area contributed by atoms with Crippen LogP contribution in [0.1, 0.15) is 6.42 Å². The van der Waals surface area contributed by atoms with Gasteiger partial charge in [0.05, 0.1) is 10.2 Å². The molecule has 0 unspecified atom stereocenters. The number of nitrogen functional groups attached to an aromatic ring is 1. The summed E-state index contributed by atoms with van der Waals surface area (Å²) in [6.45, 7) is 3.98. The molecule has 0 saturated heterocycles. The van der Waals surface area contributed by atoms with Crippen LogP contribution in [-0.4, -0.2) is 46.0 Å². The number of hydrogen-bond donors (Lipinski definition) is 2. The van der Waals surface area contributed by atoms with E-state index in [0.29, 0.717) is 0 Å². The minimum Gasteiger partial charge on any atom is -0.369 e. The van der Waals surface area contributed by atoms with Gasteiger partial charge in [0.25, 0.3) is 0 Å². The predicted molar refractivity (Wildman–Crippen MR) is 129 cm³/mol. The molecule has 0 fully saturated rings. The average Bonchev–Trinajstić information content (AvgIpc) is 3.47.